The molecule has 2 aliphatic rings. The molecule has 2 amide bonds. The van der Waals surface area contributed by atoms with Gasteiger partial charge in [0.25, 0.3) is 0 Å². The van der Waals surface area contributed by atoms with Crippen LogP contribution < -0.4 is 15.0 Å². The Bertz CT molecular complexity index is 1090. The van der Waals surface area contributed by atoms with Gasteiger partial charge in [-0.05, 0) is 55.2 Å². The second-order valence-corrected chi connectivity index (χ2v) is 9.76. The van der Waals surface area contributed by atoms with Crippen molar-refractivity contribution in [3.63, 3.8) is 0 Å². The lowest BCUT2D eigenvalue weighted by Crippen LogP contribution is -2.30. The third-order valence-electron chi connectivity index (χ3n) is 5.45. The molecule has 30 heavy (non-hydrogen) atoms. The van der Waals surface area contributed by atoms with Gasteiger partial charge in [-0.15, -0.1) is 0 Å². The van der Waals surface area contributed by atoms with Crippen LogP contribution in [0.2, 0.25) is 0 Å². The molecule has 0 bridgehead atoms. The Hall–Kier alpha value is -2.87. The van der Waals surface area contributed by atoms with E-state index in [9.17, 15) is 18.0 Å². The van der Waals surface area contributed by atoms with Crippen LogP contribution in [0.3, 0.4) is 0 Å². The van der Waals surface area contributed by atoms with E-state index in [4.69, 9.17) is 4.74 Å². The van der Waals surface area contributed by atoms with E-state index >= 15 is 0 Å². The maximum Gasteiger partial charge on any atom is 0.230 e. The second kappa shape index (κ2) is 8.10. The summed E-state index contributed by atoms with van der Waals surface area (Å²) in [5, 5.41) is 2.69. The van der Waals surface area contributed by atoms with Crippen LogP contribution in [0.1, 0.15) is 24.8 Å². The molecule has 2 aromatic rings. The number of benzene rings is 2. The molecule has 7 nitrogen and oxygen atoms in total. The Labute approximate surface area is 175 Å². The molecule has 0 atom stereocenters. The molecule has 1 aliphatic heterocycles. The monoisotopic (exact) mass is 428 g/mol. The molecular formula is C22H24N2O5S. The SMILES string of the molecule is COc1cccc(NC(=O)CCS(=O)(=O)c2ccc3c(c2)CCN3C(=O)C2CC2)c1. The minimum atomic E-state index is -3.61. The Kier molecular flexibility index (Phi) is 5.51. The maximum absolute atomic E-state index is 12.7. The summed E-state index contributed by atoms with van der Waals surface area (Å²) in [4.78, 5) is 26.5. The lowest BCUT2D eigenvalue weighted by molar-refractivity contribution is -0.119. The van der Waals surface area contributed by atoms with E-state index < -0.39 is 9.84 Å². The van der Waals surface area contributed by atoms with Crippen molar-refractivity contribution in [1.29, 1.82) is 0 Å². The van der Waals surface area contributed by atoms with Crippen molar-refractivity contribution in [2.75, 3.05) is 29.6 Å². The Morgan fingerprint density at radius 2 is 1.97 bits per heavy atom. The van der Waals surface area contributed by atoms with Crippen LogP contribution in [-0.2, 0) is 25.8 Å². The lowest BCUT2D eigenvalue weighted by atomic mass is 10.2. The number of ether oxygens (including phenoxy) is 1. The highest BCUT2D eigenvalue weighted by Crippen LogP contribution is 2.37. The molecule has 1 saturated carbocycles. The standard InChI is InChI=1S/C22H24N2O5S/c1-29-18-4-2-3-17(14-18)23-21(25)10-12-30(27,28)19-7-8-20-16(13-19)9-11-24(20)22(26)15-5-6-15/h2-4,7-8,13-15H,5-6,9-12H2,1H3,(H,23,25). The predicted octanol–water partition coefficient (Wildman–Crippen LogP) is 2.80. The first-order chi connectivity index (χ1) is 14.4. The molecule has 1 fully saturated rings. The number of nitrogens with zero attached hydrogens (tertiary/aromatic N) is 1. The highest BCUT2D eigenvalue weighted by atomic mass is 32.2. The first-order valence-corrected chi connectivity index (χ1v) is 11.6. The van der Waals surface area contributed by atoms with Crippen molar-refractivity contribution in [3.8, 4) is 5.75 Å². The van der Waals surface area contributed by atoms with Gasteiger partial charge < -0.3 is 15.0 Å². The van der Waals surface area contributed by atoms with Crippen molar-refractivity contribution < 1.29 is 22.7 Å². The number of carbonyl (C=O) groups excluding carboxylic acids is 2. The normalized spacial score (nSPS) is 15.6. The number of sulfone groups is 1. The predicted molar refractivity (Wildman–Crippen MR) is 114 cm³/mol. The van der Waals surface area contributed by atoms with Gasteiger partial charge in [0.15, 0.2) is 9.84 Å². The average Bonchev–Trinajstić information content (AvgIpc) is 3.51. The Morgan fingerprint density at radius 1 is 1.17 bits per heavy atom. The van der Waals surface area contributed by atoms with Crippen LogP contribution in [0.15, 0.2) is 47.4 Å². The summed E-state index contributed by atoms with van der Waals surface area (Å²) in [5.41, 5.74) is 2.22. The zero-order valence-electron chi connectivity index (χ0n) is 16.8. The van der Waals surface area contributed by atoms with Gasteiger partial charge in [-0.1, -0.05) is 6.07 Å². The summed E-state index contributed by atoms with van der Waals surface area (Å²) < 4.78 is 30.6. The molecule has 4 rings (SSSR count). The van der Waals surface area contributed by atoms with Crippen LogP contribution >= 0.6 is 0 Å². The number of methoxy groups -OCH3 is 1. The third kappa shape index (κ3) is 4.33. The van der Waals surface area contributed by atoms with Crippen molar-refractivity contribution in [3.05, 3.63) is 48.0 Å². The molecule has 0 unspecified atom stereocenters. The Morgan fingerprint density at radius 3 is 2.70 bits per heavy atom. The van der Waals surface area contributed by atoms with Crippen LogP contribution in [0.25, 0.3) is 0 Å². The van der Waals surface area contributed by atoms with Crippen LogP contribution in [0, 0.1) is 5.92 Å². The number of hydrogen-bond acceptors (Lipinski definition) is 5. The zero-order valence-corrected chi connectivity index (χ0v) is 17.6. The summed E-state index contributed by atoms with van der Waals surface area (Å²) in [6.07, 6.45) is 2.38. The van der Waals surface area contributed by atoms with E-state index in [1.54, 1.807) is 41.3 Å². The van der Waals surface area contributed by atoms with Crippen LogP contribution in [0.5, 0.6) is 5.75 Å². The summed E-state index contributed by atoms with van der Waals surface area (Å²) in [7, 11) is -2.08. The lowest BCUT2D eigenvalue weighted by Gasteiger charge is -2.17. The highest BCUT2D eigenvalue weighted by molar-refractivity contribution is 7.91. The van der Waals surface area contributed by atoms with E-state index in [0.29, 0.717) is 24.4 Å². The number of carbonyl (C=O) groups is 2. The topological polar surface area (TPSA) is 92.8 Å². The van der Waals surface area contributed by atoms with Gasteiger partial charge in [-0.25, -0.2) is 8.42 Å². The van der Waals surface area contributed by atoms with Gasteiger partial charge in [0.2, 0.25) is 11.8 Å². The number of fused-ring (bicyclic) bond motifs is 1. The number of hydrogen-bond donors (Lipinski definition) is 1. The molecule has 0 spiro atoms. The number of anilines is 2. The molecule has 2 aromatic carbocycles. The summed E-state index contributed by atoms with van der Waals surface area (Å²) in [6.45, 7) is 0.594. The second-order valence-electron chi connectivity index (χ2n) is 7.65. The quantitative estimate of drug-likeness (QED) is 0.732. The van der Waals surface area contributed by atoms with Crippen LogP contribution in [-0.4, -0.2) is 39.6 Å². The van der Waals surface area contributed by atoms with Crippen molar-refractivity contribution in [1.82, 2.24) is 0 Å². The average molecular weight is 429 g/mol. The minimum Gasteiger partial charge on any atom is -0.497 e. The Balaban J connectivity index is 1.40. The van der Waals surface area contributed by atoms with E-state index in [0.717, 1.165) is 24.1 Å². The molecule has 1 heterocycles. The smallest absolute Gasteiger partial charge is 0.230 e. The van der Waals surface area contributed by atoms with E-state index in [-0.39, 0.29) is 34.8 Å². The van der Waals surface area contributed by atoms with Gasteiger partial charge in [0.1, 0.15) is 5.75 Å². The maximum atomic E-state index is 12.7. The molecule has 0 radical (unpaired) electrons. The van der Waals surface area contributed by atoms with E-state index in [1.807, 2.05) is 0 Å². The summed E-state index contributed by atoms with van der Waals surface area (Å²) in [6, 6.07) is 11.8. The van der Waals surface area contributed by atoms with Gasteiger partial charge in [0.05, 0.1) is 17.8 Å². The van der Waals surface area contributed by atoms with Gasteiger partial charge in [-0.3, -0.25) is 9.59 Å². The van der Waals surface area contributed by atoms with E-state index in [2.05, 4.69) is 5.32 Å². The molecule has 158 valence electrons. The molecular weight excluding hydrogens is 404 g/mol. The number of nitrogens with one attached hydrogen (secondary N) is 1. The highest BCUT2D eigenvalue weighted by Gasteiger charge is 2.36. The van der Waals surface area contributed by atoms with Crippen LogP contribution in [0.4, 0.5) is 11.4 Å². The molecule has 8 heteroatoms. The van der Waals surface area contributed by atoms with Gasteiger partial charge >= 0.3 is 0 Å². The van der Waals surface area contributed by atoms with Gasteiger partial charge in [0, 0.05) is 36.3 Å². The fraction of sp³-hybridized carbons (Fsp3) is 0.364. The fourth-order valence-electron chi connectivity index (χ4n) is 3.62. The van der Waals surface area contributed by atoms with E-state index in [1.165, 1.54) is 13.2 Å². The fourth-order valence-corrected chi connectivity index (χ4v) is 4.91. The molecule has 1 N–H and O–H groups in total. The third-order valence-corrected chi connectivity index (χ3v) is 7.16. The summed E-state index contributed by atoms with van der Waals surface area (Å²) in [5.74, 6) is 0.203. The van der Waals surface area contributed by atoms with Crippen molar-refractivity contribution in [2.24, 2.45) is 5.92 Å². The molecule has 0 saturated heterocycles. The number of amides is 2. The zero-order chi connectivity index (χ0) is 21.3. The first-order valence-electron chi connectivity index (χ1n) is 9.98. The van der Waals surface area contributed by atoms with Crippen molar-refractivity contribution in [2.45, 2.75) is 30.6 Å². The number of rotatable bonds is 7. The van der Waals surface area contributed by atoms with Crippen molar-refractivity contribution >= 4 is 33.0 Å². The minimum absolute atomic E-state index is 0.127. The molecule has 1 aliphatic carbocycles. The molecule has 0 aromatic heterocycles. The van der Waals surface area contributed by atoms with Gasteiger partial charge in [-0.2, -0.15) is 0 Å². The largest absolute Gasteiger partial charge is 0.497 e. The summed E-state index contributed by atoms with van der Waals surface area (Å²) >= 11 is 0. The first kappa shape index (κ1) is 20.4.